The molecular weight excluding hydrogens is 228 g/mol. The third-order valence-corrected chi connectivity index (χ3v) is 2.19. The Morgan fingerprint density at radius 3 is 2.71 bits per heavy atom. The van der Waals surface area contributed by atoms with E-state index in [1.54, 1.807) is 6.92 Å². The molecule has 17 heavy (non-hydrogen) atoms. The number of aromatic nitrogens is 2. The second-order valence-electron chi connectivity index (χ2n) is 3.19. The van der Waals surface area contributed by atoms with Crippen LogP contribution < -0.4 is 22.3 Å². The molecule has 0 radical (unpaired) electrons. The van der Waals surface area contributed by atoms with Gasteiger partial charge in [0.15, 0.2) is 0 Å². The van der Waals surface area contributed by atoms with E-state index in [2.05, 4.69) is 15.0 Å². The maximum absolute atomic E-state index is 11.5. The zero-order chi connectivity index (χ0) is 13.0. The van der Waals surface area contributed by atoms with E-state index in [0.29, 0.717) is 6.54 Å². The Bertz CT molecular complexity index is 531. The zero-order valence-corrected chi connectivity index (χ0v) is 9.57. The topological polar surface area (TPSA) is 119 Å². The number of nitrogens with zero attached hydrogens (tertiary/aromatic N) is 1. The smallest absolute Gasteiger partial charge is 0.330 e. The van der Waals surface area contributed by atoms with E-state index in [4.69, 9.17) is 5.73 Å². The van der Waals surface area contributed by atoms with Crippen molar-refractivity contribution in [3.63, 3.8) is 0 Å². The van der Waals surface area contributed by atoms with Gasteiger partial charge in [0.25, 0.3) is 5.56 Å². The van der Waals surface area contributed by atoms with Gasteiger partial charge >= 0.3 is 11.7 Å². The van der Waals surface area contributed by atoms with Crippen molar-refractivity contribution < 1.29 is 9.53 Å². The second-order valence-corrected chi connectivity index (χ2v) is 3.19. The maximum atomic E-state index is 11.5. The van der Waals surface area contributed by atoms with E-state index < -0.39 is 17.2 Å². The van der Waals surface area contributed by atoms with Crippen molar-refractivity contribution in [3.05, 3.63) is 20.8 Å². The molecule has 0 atom stereocenters. The van der Waals surface area contributed by atoms with Crippen LogP contribution in [0.4, 0.5) is 11.5 Å². The Balaban J connectivity index is 3.12. The monoisotopic (exact) mass is 242 g/mol. The minimum Gasteiger partial charge on any atom is -0.468 e. The highest BCUT2D eigenvalue weighted by molar-refractivity contribution is 5.76. The summed E-state index contributed by atoms with van der Waals surface area (Å²) in [6.45, 7) is 1.82. The molecule has 4 N–H and O–H groups in total. The summed E-state index contributed by atoms with van der Waals surface area (Å²) in [5.74, 6) is -0.553. The van der Waals surface area contributed by atoms with Crippen LogP contribution >= 0.6 is 0 Å². The molecule has 0 saturated carbocycles. The van der Waals surface area contributed by atoms with Crippen LogP contribution in [0.5, 0.6) is 0 Å². The third kappa shape index (κ3) is 2.65. The number of nitrogens with two attached hydrogens (primary N) is 1. The standard InChI is InChI=1S/C9H14N4O4/c1-3-13-7(10)6(8(15)12-9(13)16)11-4-5(14)17-2/h11H,3-4,10H2,1-2H3,(H,12,15,16). The maximum Gasteiger partial charge on any atom is 0.330 e. The van der Waals surface area contributed by atoms with Crippen LogP contribution in [0.25, 0.3) is 0 Å². The number of esters is 1. The van der Waals surface area contributed by atoms with Crippen molar-refractivity contribution in [2.24, 2.45) is 0 Å². The average molecular weight is 242 g/mol. The highest BCUT2D eigenvalue weighted by Crippen LogP contribution is 2.08. The summed E-state index contributed by atoms with van der Waals surface area (Å²) < 4.78 is 5.59. The van der Waals surface area contributed by atoms with Gasteiger partial charge in [-0.15, -0.1) is 0 Å². The fraction of sp³-hybridized carbons (Fsp3) is 0.444. The van der Waals surface area contributed by atoms with Crippen LogP contribution in [-0.4, -0.2) is 29.2 Å². The SMILES string of the molecule is CCn1c(N)c(NCC(=O)OC)c(=O)[nH]c1=O. The predicted molar refractivity (Wildman–Crippen MR) is 61.9 cm³/mol. The predicted octanol–water partition coefficient (Wildman–Crippen LogP) is -1.28. The van der Waals surface area contributed by atoms with Crippen LogP contribution in [0.15, 0.2) is 9.59 Å². The number of carbonyl (C=O) groups is 1. The molecule has 0 aromatic carbocycles. The number of carbonyl (C=O) groups excluding carboxylic acids is 1. The van der Waals surface area contributed by atoms with Crippen LogP contribution in [0, 0.1) is 0 Å². The molecule has 8 heteroatoms. The lowest BCUT2D eigenvalue weighted by atomic mass is 10.4. The lowest BCUT2D eigenvalue weighted by Crippen LogP contribution is -2.34. The molecule has 0 amide bonds. The first-order valence-corrected chi connectivity index (χ1v) is 4.94. The molecule has 1 rings (SSSR count). The summed E-state index contributed by atoms with van der Waals surface area (Å²) in [6, 6.07) is 0. The fourth-order valence-electron chi connectivity index (χ4n) is 1.31. The molecule has 0 spiro atoms. The van der Waals surface area contributed by atoms with Crippen LogP contribution in [0.2, 0.25) is 0 Å². The minimum atomic E-state index is -0.666. The van der Waals surface area contributed by atoms with Crippen LogP contribution in [-0.2, 0) is 16.1 Å². The number of nitrogen functional groups attached to an aromatic ring is 1. The highest BCUT2D eigenvalue weighted by atomic mass is 16.5. The molecule has 94 valence electrons. The van der Waals surface area contributed by atoms with Crippen LogP contribution in [0.3, 0.4) is 0 Å². The van der Waals surface area contributed by atoms with Crippen molar-refractivity contribution >= 4 is 17.5 Å². The molecule has 8 nitrogen and oxygen atoms in total. The van der Waals surface area contributed by atoms with Gasteiger partial charge in [0.05, 0.1) is 7.11 Å². The number of methoxy groups -OCH3 is 1. The van der Waals surface area contributed by atoms with Gasteiger partial charge in [0, 0.05) is 6.54 Å². The Hall–Kier alpha value is -2.25. The zero-order valence-electron chi connectivity index (χ0n) is 9.57. The van der Waals surface area contributed by atoms with Crippen molar-refractivity contribution in [2.75, 3.05) is 24.7 Å². The molecular formula is C9H14N4O4. The number of anilines is 2. The summed E-state index contributed by atoms with van der Waals surface area (Å²) >= 11 is 0. The Kier molecular flexibility index (Phi) is 3.91. The molecule has 0 bridgehead atoms. The minimum absolute atomic E-state index is 0.00912. The van der Waals surface area contributed by atoms with Gasteiger partial charge in [0.1, 0.15) is 18.1 Å². The summed E-state index contributed by atoms with van der Waals surface area (Å²) in [5.41, 5.74) is 4.38. The number of rotatable bonds is 4. The quantitative estimate of drug-likeness (QED) is 0.566. The third-order valence-electron chi connectivity index (χ3n) is 2.19. The Morgan fingerprint density at radius 1 is 1.53 bits per heavy atom. The van der Waals surface area contributed by atoms with E-state index in [9.17, 15) is 14.4 Å². The molecule has 0 aliphatic carbocycles. The molecule has 1 heterocycles. The largest absolute Gasteiger partial charge is 0.468 e. The first kappa shape index (κ1) is 12.8. The van der Waals surface area contributed by atoms with E-state index in [0.717, 1.165) is 0 Å². The highest BCUT2D eigenvalue weighted by Gasteiger charge is 2.12. The fourth-order valence-corrected chi connectivity index (χ4v) is 1.31. The van der Waals surface area contributed by atoms with Gasteiger partial charge in [-0.3, -0.25) is 19.1 Å². The van der Waals surface area contributed by atoms with Gasteiger partial charge < -0.3 is 15.8 Å². The number of ether oxygens (including phenoxy) is 1. The molecule has 0 saturated heterocycles. The van der Waals surface area contributed by atoms with Crippen molar-refractivity contribution in [3.8, 4) is 0 Å². The molecule has 1 aromatic heterocycles. The number of nitrogens with one attached hydrogen (secondary N) is 2. The van der Waals surface area contributed by atoms with Crippen molar-refractivity contribution in [2.45, 2.75) is 13.5 Å². The summed E-state index contributed by atoms with van der Waals surface area (Å²) in [6.07, 6.45) is 0. The number of hydrogen-bond acceptors (Lipinski definition) is 6. The normalized spacial score (nSPS) is 10.0. The molecule has 1 aromatic rings. The number of aromatic amines is 1. The summed E-state index contributed by atoms with van der Waals surface area (Å²) in [5, 5.41) is 2.53. The average Bonchev–Trinajstić information content (AvgIpc) is 2.28. The molecule has 0 aliphatic rings. The van der Waals surface area contributed by atoms with Crippen molar-refractivity contribution in [1.29, 1.82) is 0 Å². The summed E-state index contributed by atoms with van der Waals surface area (Å²) in [7, 11) is 1.23. The number of H-pyrrole nitrogens is 1. The first-order chi connectivity index (χ1) is 8.01. The lowest BCUT2D eigenvalue weighted by molar-refractivity contribution is -0.138. The van der Waals surface area contributed by atoms with Gasteiger partial charge in [-0.05, 0) is 6.92 Å². The molecule has 0 aliphatic heterocycles. The van der Waals surface area contributed by atoms with Gasteiger partial charge in [-0.25, -0.2) is 4.79 Å². The summed E-state index contributed by atoms with van der Waals surface area (Å²) in [4.78, 5) is 35.8. The van der Waals surface area contributed by atoms with E-state index in [1.165, 1.54) is 11.7 Å². The van der Waals surface area contributed by atoms with E-state index in [-0.39, 0.29) is 18.1 Å². The lowest BCUT2D eigenvalue weighted by Gasteiger charge is -2.11. The Labute approximate surface area is 96.4 Å². The van der Waals surface area contributed by atoms with Gasteiger partial charge in [-0.1, -0.05) is 0 Å². The van der Waals surface area contributed by atoms with Crippen molar-refractivity contribution in [1.82, 2.24) is 9.55 Å². The van der Waals surface area contributed by atoms with Crippen LogP contribution in [0.1, 0.15) is 6.92 Å². The molecule has 0 unspecified atom stereocenters. The molecule has 0 fully saturated rings. The van der Waals surface area contributed by atoms with E-state index in [1.807, 2.05) is 0 Å². The second kappa shape index (κ2) is 5.19. The first-order valence-electron chi connectivity index (χ1n) is 4.94. The Morgan fingerprint density at radius 2 is 2.18 bits per heavy atom. The van der Waals surface area contributed by atoms with Gasteiger partial charge in [0.2, 0.25) is 0 Å². The number of hydrogen-bond donors (Lipinski definition) is 3. The van der Waals surface area contributed by atoms with Gasteiger partial charge in [-0.2, -0.15) is 0 Å². The van der Waals surface area contributed by atoms with E-state index >= 15 is 0 Å².